The smallest absolute Gasteiger partial charge is 0.178 e. The number of benzene rings is 8. The highest BCUT2D eigenvalue weighted by Crippen LogP contribution is 2.65. The predicted octanol–water partition coefficient (Wildman–Crippen LogP) is 14.5. The Kier molecular flexibility index (Phi) is 7.11. The summed E-state index contributed by atoms with van der Waals surface area (Å²) in [7, 11) is 0. The van der Waals surface area contributed by atoms with Crippen molar-refractivity contribution >= 4 is 11.4 Å². The molecule has 61 heavy (non-hydrogen) atoms. The molecule has 0 aromatic heterocycles. The molecule has 0 unspecified atom stereocenters. The van der Waals surface area contributed by atoms with Gasteiger partial charge < -0.3 is 14.4 Å². The van der Waals surface area contributed by atoms with Gasteiger partial charge in [0.1, 0.15) is 5.76 Å². The van der Waals surface area contributed by atoms with Crippen LogP contribution in [0.2, 0.25) is 0 Å². The minimum absolute atomic E-state index is 0.0450. The highest BCUT2D eigenvalue weighted by atomic mass is 16.6. The summed E-state index contributed by atoms with van der Waals surface area (Å²) < 4.78 is 14.0. The molecule has 1 spiro atoms. The number of allylic oxidation sites excluding steroid dienone is 3. The number of nitrogens with zero attached hydrogens (tertiary/aromatic N) is 1. The number of hydrogen-bond acceptors (Lipinski definition) is 3. The van der Waals surface area contributed by atoms with Crippen LogP contribution in [0.1, 0.15) is 60.1 Å². The molecule has 0 saturated carbocycles. The van der Waals surface area contributed by atoms with Crippen LogP contribution in [0.5, 0.6) is 11.5 Å². The van der Waals surface area contributed by atoms with E-state index in [0.29, 0.717) is 0 Å². The summed E-state index contributed by atoms with van der Waals surface area (Å²) in [5.41, 5.74) is 20.8. The van der Waals surface area contributed by atoms with Crippen LogP contribution in [0.3, 0.4) is 0 Å². The van der Waals surface area contributed by atoms with Gasteiger partial charge in [0.2, 0.25) is 0 Å². The Morgan fingerprint density at radius 3 is 1.70 bits per heavy atom. The van der Waals surface area contributed by atoms with Crippen molar-refractivity contribution in [1.29, 1.82) is 0 Å². The second-order valence-corrected chi connectivity index (χ2v) is 17.5. The molecule has 0 bridgehead atoms. The summed E-state index contributed by atoms with van der Waals surface area (Å²) >= 11 is 0. The minimum atomic E-state index is -0.447. The second-order valence-electron chi connectivity index (χ2n) is 17.5. The summed E-state index contributed by atoms with van der Waals surface area (Å²) in [5, 5.41) is 0. The number of anilines is 2. The molecule has 13 rings (SSSR count). The normalized spacial score (nSPS) is 16.1. The molecule has 0 amide bonds. The Labute approximate surface area is 356 Å². The highest BCUT2D eigenvalue weighted by molar-refractivity contribution is 5.97. The van der Waals surface area contributed by atoms with Crippen molar-refractivity contribution < 1.29 is 9.47 Å². The fourth-order valence-corrected chi connectivity index (χ4v) is 11.3. The van der Waals surface area contributed by atoms with Crippen LogP contribution in [0.15, 0.2) is 205 Å². The Morgan fingerprint density at radius 1 is 0.443 bits per heavy atom. The second kappa shape index (κ2) is 12.6. The molecule has 5 aliphatic rings. The first-order chi connectivity index (χ1) is 30.0. The molecule has 8 aromatic rings. The van der Waals surface area contributed by atoms with Crippen molar-refractivity contribution in [3.8, 4) is 56.0 Å². The molecule has 0 fully saturated rings. The van der Waals surface area contributed by atoms with E-state index >= 15 is 0 Å². The molecular formula is C58H41NO2. The van der Waals surface area contributed by atoms with Crippen LogP contribution < -0.4 is 14.4 Å². The SMILES string of the molecule is CC1(C)c2ccccc2-c2ccc(-c3ccc(N(C4=CC5=C(CC4)Oc4ccc6c(c4O5)-c4ccccc4C64c5ccccc5-c5ccccc54)c4ccccc4)cc3)cc21. The third-order valence-electron chi connectivity index (χ3n) is 14.0. The highest BCUT2D eigenvalue weighted by Gasteiger charge is 2.53. The van der Waals surface area contributed by atoms with E-state index in [1.807, 2.05) is 0 Å². The number of fused-ring (bicyclic) bond motifs is 15. The topological polar surface area (TPSA) is 21.7 Å². The van der Waals surface area contributed by atoms with Crippen LogP contribution in [0, 0.1) is 0 Å². The van der Waals surface area contributed by atoms with Gasteiger partial charge in [-0.25, -0.2) is 0 Å². The predicted molar refractivity (Wildman–Crippen MR) is 246 cm³/mol. The average molecular weight is 784 g/mol. The van der Waals surface area contributed by atoms with Crippen molar-refractivity contribution in [3.63, 3.8) is 0 Å². The number of hydrogen-bond donors (Lipinski definition) is 0. The minimum Gasteiger partial charge on any atom is -0.454 e. The van der Waals surface area contributed by atoms with Crippen LogP contribution in [-0.4, -0.2) is 0 Å². The van der Waals surface area contributed by atoms with Crippen molar-refractivity contribution in [3.05, 3.63) is 239 Å². The van der Waals surface area contributed by atoms with Crippen molar-refractivity contribution in [1.82, 2.24) is 0 Å². The largest absolute Gasteiger partial charge is 0.454 e. The van der Waals surface area contributed by atoms with Gasteiger partial charge in [-0.3, -0.25) is 0 Å². The standard InChI is InChI=1S/C58H41NO2/c1-57(2)46-20-10-6-16-41(46)44-30-26-37(34-51(44)57)36-24-27-39(28-25-36)59(38-14-4-3-5-15-38)40-29-32-52-54(35-40)61-56-53(60-52)33-31-50-55(56)45-19-9-13-23-49(45)58(50)47-21-11-7-17-42(47)43-18-8-12-22-48(43)58/h3-28,30-31,33-35H,29,32H2,1-2H3. The Morgan fingerprint density at radius 2 is 1.00 bits per heavy atom. The summed E-state index contributed by atoms with van der Waals surface area (Å²) in [6, 6.07) is 66.7. The molecule has 3 nitrogen and oxygen atoms in total. The van der Waals surface area contributed by atoms with Crippen LogP contribution >= 0.6 is 0 Å². The van der Waals surface area contributed by atoms with E-state index in [1.165, 1.54) is 72.3 Å². The van der Waals surface area contributed by atoms with E-state index in [2.05, 4.69) is 207 Å². The van der Waals surface area contributed by atoms with Gasteiger partial charge in [-0.1, -0.05) is 159 Å². The van der Waals surface area contributed by atoms with Crippen LogP contribution in [0.25, 0.3) is 44.5 Å². The number of rotatable bonds is 4. The third kappa shape index (κ3) is 4.69. The van der Waals surface area contributed by atoms with E-state index in [4.69, 9.17) is 9.47 Å². The summed E-state index contributed by atoms with van der Waals surface area (Å²) in [6.45, 7) is 4.69. The Balaban J connectivity index is 0.889. The maximum atomic E-state index is 7.17. The van der Waals surface area contributed by atoms with Crippen molar-refractivity contribution in [2.75, 3.05) is 4.90 Å². The van der Waals surface area contributed by atoms with E-state index in [0.717, 1.165) is 58.5 Å². The van der Waals surface area contributed by atoms with Gasteiger partial charge in [-0.2, -0.15) is 0 Å². The quantitative estimate of drug-likeness (QED) is 0.177. The van der Waals surface area contributed by atoms with Crippen LogP contribution in [0.4, 0.5) is 11.4 Å². The Bertz CT molecular complexity index is 3180. The van der Waals surface area contributed by atoms with E-state index in [-0.39, 0.29) is 5.41 Å². The van der Waals surface area contributed by atoms with Crippen LogP contribution in [-0.2, 0) is 10.8 Å². The molecule has 0 radical (unpaired) electrons. The Hall–Kier alpha value is -7.36. The molecule has 1 heterocycles. The average Bonchev–Trinajstić information content (AvgIpc) is 3.87. The molecule has 4 aliphatic carbocycles. The molecule has 0 atom stereocenters. The molecule has 0 N–H and O–H groups in total. The molecule has 3 heteroatoms. The van der Waals surface area contributed by atoms with E-state index in [1.54, 1.807) is 0 Å². The fourth-order valence-electron chi connectivity index (χ4n) is 11.3. The molecule has 290 valence electrons. The van der Waals surface area contributed by atoms with Gasteiger partial charge in [-0.05, 0) is 115 Å². The van der Waals surface area contributed by atoms with Gasteiger partial charge in [0, 0.05) is 40.5 Å². The number of para-hydroxylation sites is 1. The lowest BCUT2D eigenvalue weighted by Crippen LogP contribution is -2.26. The molecular weight excluding hydrogens is 743 g/mol. The van der Waals surface area contributed by atoms with E-state index in [9.17, 15) is 0 Å². The van der Waals surface area contributed by atoms with Gasteiger partial charge in [0.25, 0.3) is 0 Å². The monoisotopic (exact) mass is 783 g/mol. The first-order valence-corrected chi connectivity index (χ1v) is 21.5. The van der Waals surface area contributed by atoms with Crippen molar-refractivity contribution in [2.24, 2.45) is 0 Å². The maximum Gasteiger partial charge on any atom is 0.178 e. The molecule has 1 aliphatic heterocycles. The van der Waals surface area contributed by atoms with Gasteiger partial charge in [0.15, 0.2) is 17.3 Å². The van der Waals surface area contributed by atoms with Gasteiger partial charge in [-0.15, -0.1) is 0 Å². The zero-order valence-corrected chi connectivity index (χ0v) is 34.1. The van der Waals surface area contributed by atoms with Crippen molar-refractivity contribution in [2.45, 2.75) is 37.5 Å². The fraction of sp³-hybridized carbons (Fsp3) is 0.103. The molecule has 8 aromatic carbocycles. The zero-order valence-electron chi connectivity index (χ0n) is 34.1. The lowest BCUT2D eigenvalue weighted by Gasteiger charge is -2.33. The van der Waals surface area contributed by atoms with E-state index < -0.39 is 5.41 Å². The first kappa shape index (κ1) is 34.5. The summed E-state index contributed by atoms with van der Waals surface area (Å²) in [4.78, 5) is 2.38. The maximum absolute atomic E-state index is 7.17. The lowest BCUT2D eigenvalue weighted by molar-refractivity contribution is 0.288. The lowest BCUT2D eigenvalue weighted by atomic mass is 9.70. The summed E-state index contributed by atoms with van der Waals surface area (Å²) in [6.07, 6.45) is 3.74. The first-order valence-electron chi connectivity index (χ1n) is 21.5. The van der Waals surface area contributed by atoms with Gasteiger partial charge >= 0.3 is 0 Å². The zero-order chi connectivity index (χ0) is 40.5. The third-order valence-corrected chi connectivity index (χ3v) is 14.0. The summed E-state index contributed by atoms with van der Waals surface area (Å²) in [5.74, 6) is 3.21. The molecule has 0 saturated heterocycles. The number of ether oxygens (including phenoxy) is 2. The van der Waals surface area contributed by atoms with Gasteiger partial charge in [0.05, 0.1) is 5.41 Å².